The van der Waals surface area contributed by atoms with Crippen LogP contribution in [0.5, 0.6) is 5.75 Å². The van der Waals surface area contributed by atoms with E-state index in [1.54, 1.807) is 0 Å². The number of benzene rings is 2. The number of ether oxygens (including phenoxy) is 1. The molecule has 2 rings (SSSR count). The number of hydrogen-bond acceptors (Lipinski definition) is 2. The molecule has 0 aliphatic rings. The minimum absolute atomic E-state index is 0.0260. The van der Waals surface area contributed by atoms with Crippen LogP contribution in [0.3, 0.4) is 0 Å². The molecule has 3 nitrogen and oxygen atoms in total. The molecule has 5 heteroatoms. The first-order valence-electron chi connectivity index (χ1n) is 6.88. The van der Waals surface area contributed by atoms with Crippen LogP contribution >= 0.6 is 0 Å². The number of aryl methyl sites for hydroxylation is 1. The van der Waals surface area contributed by atoms with Gasteiger partial charge in [0.1, 0.15) is 5.75 Å². The standard InChI is InChI=1S/C17H17F2NO2/c1-11-3-5-13(6-4-11)12(2)20-16(21)14-7-9-15(10-8-14)22-17(18)19/h3-10,12,17H,1-2H3,(H,20,21)/t12-/m0/s1. The van der Waals surface area contributed by atoms with Gasteiger partial charge in [0, 0.05) is 5.56 Å². The lowest BCUT2D eigenvalue weighted by Gasteiger charge is -2.15. The first kappa shape index (κ1) is 15.9. The highest BCUT2D eigenvalue weighted by Crippen LogP contribution is 2.17. The van der Waals surface area contributed by atoms with Crippen molar-refractivity contribution in [1.82, 2.24) is 5.32 Å². The molecular formula is C17H17F2NO2. The molecule has 0 aromatic heterocycles. The second kappa shape index (κ2) is 7.02. The maximum atomic E-state index is 12.1. The van der Waals surface area contributed by atoms with E-state index in [1.807, 2.05) is 38.1 Å². The minimum Gasteiger partial charge on any atom is -0.435 e. The van der Waals surface area contributed by atoms with E-state index < -0.39 is 6.61 Å². The number of rotatable bonds is 5. The van der Waals surface area contributed by atoms with Gasteiger partial charge in [0.05, 0.1) is 6.04 Å². The Morgan fingerprint density at radius 2 is 1.64 bits per heavy atom. The smallest absolute Gasteiger partial charge is 0.387 e. The van der Waals surface area contributed by atoms with Gasteiger partial charge in [0.2, 0.25) is 0 Å². The van der Waals surface area contributed by atoms with Gasteiger partial charge >= 0.3 is 6.61 Å². The normalized spacial score (nSPS) is 12.0. The third-order valence-electron chi connectivity index (χ3n) is 3.27. The molecule has 0 fully saturated rings. The molecule has 0 aliphatic heterocycles. The van der Waals surface area contributed by atoms with Crippen LogP contribution in [0.1, 0.15) is 34.5 Å². The highest BCUT2D eigenvalue weighted by Gasteiger charge is 2.12. The predicted octanol–water partition coefficient (Wildman–Crippen LogP) is 4.09. The lowest BCUT2D eigenvalue weighted by atomic mass is 10.1. The Morgan fingerprint density at radius 3 is 2.18 bits per heavy atom. The molecule has 0 spiro atoms. The first-order chi connectivity index (χ1) is 10.5. The number of hydrogen-bond donors (Lipinski definition) is 1. The summed E-state index contributed by atoms with van der Waals surface area (Å²) in [6.07, 6.45) is 0. The molecule has 0 radical (unpaired) electrons. The molecule has 1 amide bonds. The molecule has 0 bridgehead atoms. The van der Waals surface area contributed by atoms with Crippen LogP contribution in [-0.4, -0.2) is 12.5 Å². The maximum absolute atomic E-state index is 12.1. The Morgan fingerprint density at radius 1 is 1.05 bits per heavy atom. The molecule has 2 aromatic rings. The number of amides is 1. The summed E-state index contributed by atoms with van der Waals surface area (Å²) in [5.74, 6) is -0.241. The number of carbonyl (C=O) groups excluding carboxylic acids is 1. The fourth-order valence-electron chi connectivity index (χ4n) is 2.01. The van der Waals surface area contributed by atoms with Gasteiger partial charge in [-0.2, -0.15) is 8.78 Å². The molecule has 0 saturated carbocycles. The Kier molecular flexibility index (Phi) is 5.09. The summed E-state index contributed by atoms with van der Waals surface area (Å²) in [4.78, 5) is 12.1. The summed E-state index contributed by atoms with van der Waals surface area (Å²) >= 11 is 0. The number of alkyl halides is 2. The van der Waals surface area contributed by atoms with Gasteiger partial charge in [-0.05, 0) is 43.7 Å². The molecule has 0 heterocycles. The van der Waals surface area contributed by atoms with Gasteiger partial charge in [-0.1, -0.05) is 29.8 Å². The van der Waals surface area contributed by atoms with Crippen molar-refractivity contribution in [2.24, 2.45) is 0 Å². The summed E-state index contributed by atoms with van der Waals surface area (Å²) in [7, 11) is 0. The van der Waals surface area contributed by atoms with Gasteiger partial charge in [0.15, 0.2) is 0 Å². The largest absolute Gasteiger partial charge is 0.435 e. The second-order valence-corrected chi connectivity index (χ2v) is 5.01. The van der Waals surface area contributed by atoms with Crippen LogP contribution in [0.15, 0.2) is 48.5 Å². The molecule has 0 saturated heterocycles. The van der Waals surface area contributed by atoms with Crippen molar-refractivity contribution in [2.45, 2.75) is 26.5 Å². The molecule has 0 unspecified atom stereocenters. The fourth-order valence-corrected chi connectivity index (χ4v) is 2.01. The van der Waals surface area contributed by atoms with Crippen LogP contribution in [0.2, 0.25) is 0 Å². The number of carbonyl (C=O) groups is 1. The SMILES string of the molecule is Cc1ccc([C@H](C)NC(=O)c2ccc(OC(F)F)cc2)cc1. The van der Waals surface area contributed by atoms with Crippen molar-refractivity contribution >= 4 is 5.91 Å². The zero-order chi connectivity index (χ0) is 16.1. The second-order valence-electron chi connectivity index (χ2n) is 5.01. The van der Waals surface area contributed by atoms with Crippen LogP contribution < -0.4 is 10.1 Å². The molecule has 2 aromatic carbocycles. The molecule has 0 aliphatic carbocycles. The summed E-state index contributed by atoms with van der Waals surface area (Å²) in [5, 5.41) is 2.86. The van der Waals surface area contributed by atoms with Crippen molar-refractivity contribution in [3.05, 3.63) is 65.2 Å². The number of halogens is 2. The molecule has 116 valence electrons. The van der Waals surface area contributed by atoms with Crippen LogP contribution in [-0.2, 0) is 0 Å². The number of nitrogens with one attached hydrogen (secondary N) is 1. The van der Waals surface area contributed by atoms with Crippen molar-refractivity contribution in [1.29, 1.82) is 0 Å². The first-order valence-corrected chi connectivity index (χ1v) is 6.88. The van der Waals surface area contributed by atoms with E-state index in [1.165, 1.54) is 24.3 Å². The van der Waals surface area contributed by atoms with Gasteiger partial charge in [-0.15, -0.1) is 0 Å². The van der Waals surface area contributed by atoms with E-state index >= 15 is 0 Å². The predicted molar refractivity (Wildman–Crippen MR) is 80.1 cm³/mol. The Bertz CT molecular complexity index is 624. The van der Waals surface area contributed by atoms with E-state index in [0.717, 1.165) is 11.1 Å². The lowest BCUT2D eigenvalue weighted by Crippen LogP contribution is -2.26. The van der Waals surface area contributed by atoms with E-state index in [9.17, 15) is 13.6 Å². The molecule has 22 heavy (non-hydrogen) atoms. The Balaban J connectivity index is 2.00. The van der Waals surface area contributed by atoms with Gasteiger partial charge in [-0.25, -0.2) is 0 Å². The lowest BCUT2D eigenvalue weighted by molar-refractivity contribution is -0.0498. The van der Waals surface area contributed by atoms with Crippen molar-refractivity contribution in [2.75, 3.05) is 0 Å². The summed E-state index contributed by atoms with van der Waals surface area (Å²) in [6.45, 7) is 1.01. The van der Waals surface area contributed by atoms with Gasteiger partial charge in [0.25, 0.3) is 5.91 Å². The average molecular weight is 305 g/mol. The van der Waals surface area contributed by atoms with E-state index in [4.69, 9.17) is 0 Å². The van der Waals surface area contributed by atoms with E-state index in [-0.39, 0.29) is 17.7 Å². The summed E-state index contributed by atoms with van der Waals surface area (Å²) in [5.41, 5.74) is 2.54. The fraction of sp³-hybridized carbons (Fsp3) is 0.235. The monoisotopic (exact) mass is 305 g/mol. The average Bonchev–Trinajstić information content (AvgIpc) is 2.48. The van der Waals surface area contributed by atoms with Crippen molar-refractivity contribution in [3.8, 4) is 5.75 Å². The zero-order valence-corrected chi connectivity index (χ0v) is 12.3. The highest BCUT2D eigenvalue weighted by atomic mass is 19.3. The molecule has 1 atom stereocenters. The van der Waals surface area contributed by atoms with Crippen LogP contribution in [0.25, 0.3) is 0 Å². The summed E-state index contributed by atoms with van der Waals surface area (Å²) in [6, 6.07) is 13.3. The quantitative estimate of drug-likeness (QED) is 0.903. The third kappa shape index (κ3) is 4.28. The zero-order valence-electron chi connectivity index (χ0n) is 12.3. The van der Waals surface area contributed by atoms with Gasteiger partial charge in [-0.3, -0.25) is 4.79 Å². The molecular weight excluding hydrogens is 288 g/mol. The van der Waals surface area contributed by atoms with Crippen molar-refractivity contribution < 1.29 is 18.3 Å². The minimum atomic E-state index is -2.87. The maximum Gasteiger partial charge on any atom is 0.387 e. The van der Waals surface area contributed by atoms with E-state index in [0.29, 0.717) is 5.56 Å². The third-order valence-corrected chi connectivity index (χ3v) is 3.27. The molecule has 1 N–H and O–H groups in total. The van der Waals surface area contributed by atoms with Crippen LogP contribution in [0.4, 0.5) is 8.78 Å². The topological polar surface area (TPSA) is 38.3 Å². The van der Waals surface area contributed by atoms with Gasteiger partial charge < -0.3 is 10.1 Å². The summed E-state index contributed by atoms with van der Waals surface area (Å²) < 4.78 is 28.4. The highest BCUT2D eigenvalue weighted by molar-refractivity contribution is 5.94. The Labute approximate surface area is 127 Å². The Hall–Kier alpha value is -2.43. The van der Waals surface area contributed by atoms with E-state index in [2.05, 4.69) is 10.1 Å². The van der Waals surface area contributed by atoms with Crippen molar-refractivity contribution in [3.63, 3.8) is 0 Å². The van der Waals surface area contributed by atoms with Crippen LogP contribution in [0, 0.1) is 6.92 Å².